The number of carbonyl (C=O) groups excluding carboxylic acids is 2. The van der Waals surface area contributed by atoms with Gasteiger partial charge in [-0.3, -0.25) is 9.59 Å². The van der Waals surface area contributed by atoms with E-state index in [2.05, 4.69) is 20.7 Å². The summed E-state index contributed by atoms with van der Waals surface area (Å²) in [5.41, 5.74) is 0.950. The largest absolute Gasteiger partial charge is 0.469 e. The molecule has 0 spiro atoms. The number of amides is 1. The molecule has 0 aromatic heterocycles. The lowest BCUT2D eigenvalue weighted by Crippen LogP contribution is -2.35. The molecule has 1 unspecified atom stereocenters. The van der Waals surface area contributed by atoms with E-state index >= 15 is 0 Å². The second-order valence-electron chi connectivity index (χ2n) is 4.50. The first-order chi connectivity index (χ1) is 8.93. The zero-order chi connectivity index (χ0) is 14.4. The second-order valence-corrected chi connectivity index (χ2v) is 5.42. The first kappa shape index (κ1) is 15.7. The summed E-state index contributed by atoms with van der Waals surface area (Å²) in [4.78, 5) is 24.9. The van der Waals surface area contributed by atoms with Crippen LogP contribution in [0.3, 0.4) is 0 Å². The monoisotopic (exact) mass is 327 g/mol. The van der Waals surface area contributed by atoms with Crippen molar-refractivity contribution < 1.29 is 14.3 Å². The van der Waals surface area contributed by atoms with E-state index < -0.39 is 0 Å². The van der Waals surface area contributed by atoms with Gasteiger partial charge < -0.3 is 9.64 Å². The van der Waals surface area contributed by atoms with Crippen molar-refractivity contribution in [1.82, 2.24) is 4.90 Å². The molecule has 1 amide bonds. The van der Waals surface area contributed by atoms with Crippen molar-refractivity contribution in [3.05, 3.63) is 34.3 Å². The molecule has 0 fully saturated rings. The SMILES string of the molecule is COC(=O)C(C)CN(C)C(=O)Cc1ccc(Br)cc1. The van der Waals surface area contributed by atoms with Crippen LogP contribution in [-0.2, 0) is 20.7 Å². The van der Waals surface area contributed by atoms with E-state index in [0.717, 1.165) is 10.0 Å². The van der Waals surface area contributed by atoms with Gasteiger partial charge in [-0.2, -0.15) is 0 Å². The summed E-state index contributed by atoms with van der Waals surface area (Å²) in [5, 5.41) is 0. The van der Waals surface area contributed by atoms with Crippen LogP contribution in [0.15, 0.2) is 28.7 Å². The van der Waals surface area contributed by atoms with Gasteiger partial charge in [-0.1, -0.05) is 35.0 Å². The van der Waals surface area contributed by atoms with Gasteiger partial charge in [0.2, 0.25) is 5.91 Å². The van der Waals surface area contributed by atoms with Crippen LogP contribution in [0.25, 0.3) is 0 Å². The molecule has 4 nitrogen and oxygen atoms in total. The van der Waals surface area contributed by atoms with Gasteiger partial charge in [-0.25, -0.2) is 0 Å². The lowest BCUT2D eigenvalue weighted by Gasteiger charge is -2.20. The molecule has 0 aliphatic carbocycles. The average molecular weight is 328 g/mol. The van der Waals surface area contributed by atoms with Crippen LogP contribution >= 0.6 is 15.9 Å². The number of hydrogen-bond donors (Lipinski definition) is 0. The van der Waals surface area contributed by atoms with Crippen molar-refractivity contribution >= 4 is 27.8 Å². The minimum absolute atomic E-state index is 0.0157. The van der Waals surface area contributed by atoms with E-state index in [4.69, 9.17) is 0 Å². The number of esters is 1. The molecule has 104 valence electrons. The van der Waals surface area contributed by atoms with Crippen LogP contribution in [0.2, 0.25) is 0 Å². The highest BCUT2D eigenvalue weighted by atomic mass is 79.9. The number of halogens is 1. The molecule has 0 aliphatic heterocycles. The molecule has 1 aromatic rings. The van der Waals surface area contributed by atoms with Crippen molar-refractivity contribution in [1.29, 1.82) is 0 Å². The van der Waals surface area contributed by atoms with Crippen molar-refractivity contribution in [2.75, 3.05) is 20.7 Å². The van der Waals surface area contributed by atoms with Crippen LogP contribution in [0.1, 0.15) is 12.5 Å². The molecule has 0 bridgehead atoms. The molecule has 0 aliphatic rings. The van der Waals surface area contributed by atoms with Gasteiger partial charge in [0.25, 0.3) is 0 Å². The van der Waals surface area contributed by atoms with E-state index in [0.29, 0.717) is 13.0 Å². The second kappa shape index (κ2) is 7.28. The van der Waals surface area contributed by atoms with Gasteiger partial charge in [0.15, 0.2) is 0 Å². The zero-order valence-electron chi connectivity index (χ0n) is 11.4. The van der Waals surface area contributed by atoms with Crippen molar-refractivity contribution in [2.45, 2.75) is 13.3 Å². The Bertz CT molecular complexity index is 445. The van der Waals surface area contributed by atoms with Crippen LogP contribution < -0.4 is 0 Å². The van der Waals surface area contributed by atoms with Crippen LogP contribution in [0.5, 0.6) is 0 Å². The predicted octanol–water partition coefficient (Wildman–Crippen LogP) is 2.26. The molecule has 0 saturated heterocycles. The third-order valence-corrected chi connectivity index (χ3v) is 3.37. The maximum Gasteiger partial charge on any atom is 0.310 e. The van der Waals surface area contributed by atoms with E-state index in [1.54, 1.807) is 18.9 Å². The van der Waals surface area contributed by atoms with Crippen LogP contribution in [0, 0.1) is 5.92 Å². The summed E-state index contributed by atoms with van der Waals surface area (Å²) >= 11 is 3.35. The molecule has 19 heavy (non-hydrogen) atoms. The summed E-state index contributed by atoms with van der Waals surface area (Å²) in [7, 11) is 3.04. The van der Waals surface area contributed by atoms with Crippen molar-refractivity contribution in [2.24, 2.45) is 5.92 Å². The Morgan fingerprint density at radius 1 is 1.32 bits per heavy atom. The molecule has 0 radical (unpaired) electrons. The van der Waals surface area contributed by atoms with Crippen molar-refractivity contribution in [3.63, 3.8) is 0 Å². The number of methoxy groups -OCH3 is 1. The molecule has 0 saturated carbocycles. The van der Waals surface area contributed by atoms with Gasteiger partial charge in [-0.15, -0.1) is 0 Å². The fourth-order valence-corrected chi connectivity index (χ4v) is 1.96. The Balaban J connectivity index is 2.53. The molecule has 1 rings (SSSR count). The minimum Gasteiger partial charge on any atom is -0.469 e. The normalized spacial score (nSPS) is 11.8. The quantitative estimate of drug-likeness (QED) is 0.779. The maximum absolute atomic E-state index is 12.0. The fraction of sp³-hybridized carbons (Fsp3) is 0.429. The Kier molecular flexibility index (Phi) is 6.02. The minimum atomic E-state index is -0.316. The summed E-state index contributed by atoms with van der Waals surface area (Å²) < 4.78 is 5.62. The molecular formula is C14H18BrNO3. The summed E-state index contributed by atoms with van der Waals surface area (Å²) in [6, 6.07) is 7.61. The molecule has 1 atom stereocenters. The van der Waals surface area contributed by atoms with E-state index in [1.807, 2.05) is 24.3 Å². The Labute approximate surface area is 121 Å². The first-order valence-corrected chi connectivity index (χ1v) is 6.79. The van der Waals surface area contributed by atoms with Crippen molar-refractivity contribution in [3.8, 4) is 0 Å². The molecule has 0 heterocycles. The van der Waals surface area contributed by atoms with Gasteiger partial charge in [0.1, 0.15) is 0 Å². The average Bonchev–Trinajstić information content (AvgIpc) is 2.40. The van der Waals surface area contributed by atoms with Crippen LogP contribution in [-0.4, -0.2) is 37.5 Å². The third-order valence-electron chi connectivity index (χ3n) is 2.85. The van der Waals surface area contributed by atoms with Gasteiger partial charge >= 0.3 is 5.97 Å². The van der Waals surface area contributed by atoms with E-state index in [9.17, 15) is 9.59 Å². The standard InChI is InChI=1S/C14H18BrNO3/c1-10(14(18)19-3)9-16(2)13(17)8-11-4-6-12(15)7-5-11/h4-7,10H,8-9H2,1-3H3. The lowest BCUT2D eigenvalue weighted by molar-refractivity contribution is -0.146. The third kappa shape index (κ3) is 5.03. The first-order valence-electron chi connectivity index (χ1n) is 6.00. The smallest absolute Gasteiger partial charge is 0.310 e. The van der Waals surface area contributed by atoms with Gasteiger partial charge in [-0.05, 0) is 17.7 Å². The highest BCUT2D eigenvalue weighted by Gasteiger charge is 2.18. The molecule has 1 aromatic carbocycles. The van der Waals surface area contributed by atoms with E-state index in [1.165, 1.54) is 7.11 Å². The predicted molar refractivity (Wildman–Crippen MR) is 76.7 cm³/mol. The van der Waals surface area contributed by atoms with Gasteiger partial charge in [0.05, 0.1) is 19.4 Å². The molecule has 5 heteroatoms. The highest BCUT2D eigenvalue weighted by Crippen LogP contribution is 2.12. The lowest BCUT2D eigenvalue weighted by atomic mass is 10.1. The van der Waals surface area contributed by atoms with Gasteiger partial charge in [0, 0.05) is 18.1 Å². The van der Waals surface area contributed by atoms with Crippen LogP contribution in [0.4, 0.5) is 0 Å². The highest BCUT2D eigenvalue weighted by molar-refractivity contribution is 9.10. The number of hydrogen-bond acceptors (Lipinski definition) is 3. The number of ether oxygens (including phenoxy) is 1. The summed E-state index contributed by atoms with van der Waals surface area (Å²) in [6.45, 7) is 2.11. The Morgan fingerprint density at radius 2 is 1.89 bits per heavy atom. The number of rotatable bonds is 5. The summed E-state index contributed by atoms with van der Waals surface area (Å²) in [6.07, 6.45) is 0.331. The number of likely N-dealkylation sites (N-methyl/N-ethyl adjacent to an activating group) is 1. The Hall–Kier alpha value is -1.36. The topological polar surface area (TPSA) is 46.6 Å². The maximum atomic E-state index is 12.0. The number of benzene rings is 1. The molecular weight excluding hydrogens is 310 g/mol. The fourth-order valence-electron chi connectivity index (χ4n) is 1.70. The number of carbonyl (C=O) groups is 2. The summed E-state index contributed by atoms with van der Waals surface area (Å²) in [5.74, 6) is -0.634. The van der Waals surface area contributed by atoms with E-state index in [-0.39, 0.29) is 17.8 Å². The Morgan fingerprint density at radius 3 is 2.42 bits per heavy atom. The number of nitrogens with zero attached hydrogens (tertiary/aromatic N) is 1. The zero-order valence-corrected chi connectivity index (χ0v) is 12.9. The molecule has 0 N–H and O–H groups in total.